The highest BCUT2D eigenvalue weighted by atomic mass is 16.6. The Morgan fingerprint density at radius 2 is 2.07 bits per heavy atom. The molecule has 1 aromatic carbocycles. The first-order valence-corrected chi connectivity index (χ1v) is 3.39. The number of carbonyl (C=O) groups is 2. The Morgan fingerprint density at radius 3 is 2.57 bits per heavy atom. The molecule has 1 aromatic rings. The molecule has 2 N–H and O–H groups in total. The molecule has 0 heterocycles. The Morgan fingerprint density at radius 1 is 1.43 bits per heavy atom. The minimum atomic E-state index is -0.760. The molecule has 0 aliphatic heterocycles. The summed E-state index contributed by atoms with van der Waals surface area (Å²) < 4.78 is 0. The van der Waals surface area contributed by atoms with Gasteiger partial charge in [-0.1, -0.05) is 12.1 Å². The zero-order valence-electron chi connectivity index (χ0n) is 6.97. The van der Waals surface area contributed by atoms with E-state index in [-0.39, 0.29) is 23.0 Å². The van der Waals surface area contributed by atoms with Gasteiger partial charge in [0.1, 0.15) is 0 Å². The largest absolute Gasteiger partial charge is 0.412 e. The van der Waals surface area contributed by atoms with Crippen molar-refractivity contribution in [2.24, 2.45) is 0 Å². The maximum absolute atomic E-state index is 10.8. The number of hydrogen-bond acceptors (Lipinski definition) is 4. The number of ketones is 1. The Balaban J connectivity index is 0.00000169. The summed E-state index contributed by atoms with van der Waals surface area (Å²) in [5.41, 5.74) is -0.170. The van der Waals surface area contributed by atoms with Gasteiger partial charge in [0, 0.05) is 17.7 Å². The Kier molecular flexibility index (Phi) is 4.11. The number of hydrogen-bond donors (Lipinski definition) is 0. The van der Waals surface area contributed by atoms with E-state index < -0.39 is 10.7 Å². The standard InChI is InChI=1S/C8H5NO4.H2O/c10-5-8(11)6-2-1-3-7(4-6)9(12)13;/h1-5H;1H2. The minimum absolute atomic E-state index is 0. The summed E-state index contributed by atoms with van der Waals surface area (Å²) in [6.07, 6.45) is 0.124. The summed E-state index contributed by atoms with van der Waals surface area (Å²) >= 11 is 0. The second kappa shape index (κ2) is 4.83. The van der Waals surface area contributed by atoms with Crippen molar-refractivity contribution in [3.8, 4) is 0 Å². The van der Waals surface area contributed by atoms with E-state index in [4.69, 9.17) is 0 Å². The van der Waals surface area contributed by atoms with Crippen LogP contribution in [0, 0.1) is 10.1 Å². The molecule has 1 rings (SSSR count). The highest BCUT2D eigenvalue weighted by Gasteiger charge is 2.09. The first kappa shape index (κ1) is 11.9. The summed E-state index contributed by atoms with van der Waals surface area (Å²) in [5, 5.41) is 10.3. The first-order valence-electron chi connectivity index (χ1n) is 3.39. The van der Waals surface area contributed by atoms with Gasteiger partial charge in [0.25, 0.3) is 5.69 Å². The molecule has 14 heavy (non-hydrogen) atoms. The lowest BCUT2D eigenvalue weighted by atomic mass is 10.1. The molecule has 0 aliphatic carbocycles. The van der Waals surface area contributed by atoms with Crippen molar-refractivity contribution in [3.63, 3.8) is 0 Å². The third-order valence-electron chi connectivity index (χ3n) is 1.45. The van der Waals surface area contributed by atoms with E-state index in [0.717, 1.165) is 6.07 Å². The van der Waals surface area contributed by atoms with Gasteiger partial charge in [-0.3, -0.25) is 19.7 Å². The minimum Gasteiger partial charge on any atom is -0.412 e. The summed E-state index contributed by atoms with van der Waals surface area (Å²) in [6.45, 7) is 0. The van der Waals surface area contributed by atoms with Gasteiger partial charge >= 0.3 is 0 Å². The number of carbonyl (C=O) groups excluding carboxylic acids is 2. The van der Waals surface area contributed by atoms with E-state index in [9.17, 15) is 19.7 Å². The number of Topliss-reactive ketones (excluding diaryl/α,β-unsaturated/α-hetero) is 1. The quantitative estimate of drug-likeness (QED) is 0.226. The van der Waals surface area contributed by atoms with Crippen molar-refractivity contribution in [1.29, 1.82) is 0 Å². The van der Waals surface area contributed by atoms with Crippen molar-refractivity contribution < 1.29 is 20.0 Å². The SMILES string of the molecule is O.O=CC(=O)c1cccc([N+](=O)[O-])c1. The lowest BCUT2D eigenvalue weighted by molar-refractivity contribution is -0.384. The van der Waals surface area contributed by atoms with E-state index in [1.165, 1.54) is 18.2 Å². The Hall–Kier alpha value is -2.08. The highest BCUT2D eigenvalue weighted by Crippen LogP contribution is 2.12. The zero-order valence-corrected chi connectivity index (χ0v) is 6.97. The molecular formula is C8H7NO5. The van der Waals surface area contributed by atoms with Crippen LogP contribution in [0.1, 0.15) is 10.4 Å². The lowest BCUT2D eigenvalue weighted by Gasteiger charge is -1.93. The average molecular weight is 197 g/mol. The summed E-state index contributed by atoms with van der Waals surface area (Å²) in [6, 6.07) is 5.02. The van der Waals surface area contributed by atoms with Crippen LogP contribution >= 0.6 is 0 Å². The van der Waals surface area contributed by atoms with E-state index in [0.29, 0.717) is 0 Å². The fourth-order valence-corrected chi connectivity index (χ4v) is 0.841. The van der Waals surface area contributed by atoms with Gasteiger partial charge in [-0.25, -0.2) is 0 Å². The molecule has 0 saturated heterocycles. The zero-order chi connectivity index (χ0) is 9.84. The number of nitrogens with zero attached hydrogens (tertiary/aromatic N) is 1. The Labute approximate surface area is 78.6 Å². The molecule has 0 aromatic heterocycles. The van der Waals surface area contributed by atoms with Crippen LogP contribution in [0.5, 0.6) is 0 Å². The van der Waals surface area contributed by atoms with E-state index in [1.807, 2.05) is 0 Å². The number of benzene rings is 1. The molecule has 0 aliphatic rings. The summed E-state index contributed by atoms with van der Waals surface area (Å²) in [4.78, 5) is 30.5. The van der Waals surface area contributed by atoms with Crippen molar-refractivity contribution in [2.75, 3.05) is 0 Å². The molecule has 0 saturated carbocycles. The van der Waals surface area contributed by atoms with Crippen LogP contribution in [-0.2, 0) is 4.79 Å². The van der Waals surface area contributed by atoms with E-state index >= 15 is 0 Å². The van der Waals surface area contributed by atoms with Crippen LogP contribution in [0.3, 0.4) is 0 Å². The third-order valence-corrected chi connectivity index (χ3v) is 1.45. The predicted octanol–water partition coefficient (Wildman–Crippen LogP) is 0.152. The maximum Gasteiger partial charge on any atom is 0.270 e. The lowest BCUT2D eigenvalue weighted by Crippen LogP contribution is -2.00. The van der Waals surface area contributed by atoms with Crippen LogP contribution < -0.4 is 0 Å². The average Bonchev–Trinajstić information content (AvgIpc) is 2.17. The molecule has 0 radical (unpaired) electrons. The number of nitro groups is 1. The molecule has 0 atom stereocenters. The first-order chi connectivity index (χ1) is 6.15. The van der Waals surface area contributed by atoms with Crippen LogP contribution in [0.4, 0.5) is 5.69 Å². The van der Waals surface area contributed by atoms with Gasteiger partial charge < -0.3 is 5.48 Å². The molecule has 0 amide bonds. The Bertz CT molecular complexity index is 374. The van der Waals surface area contributed by atoms with E-state index in [1.54, 1.807) is 0 Å². The normalized spacial score (nSPS) is 8.57. The number of nitro benzene ring substituents is 1. The van der Waals surface area contributed by atoms with Crippen molar-refractivity contribution in [1.82, 2.24) is 0 Å². The number of rotatable bonds is 3. The van der Waals surface area contributed by atoms with Crippen molar-refractivity contribution in [3.05, 3.63) is 39.9 Å². The van der Waals surface area contributed by atoms with Crippen molar-refractivity contribution in [2.45, 2.75) is 0 Å². The topological polar surface area (TPSA) is 109 Å². The van der Waals surface area contributed by atoms with Gasteiger partial charge in [-0.15, -0.1) is 0 Å². The molecule has 74 valence electrons. The van der Waals surface area contributed by atoms with E-state index in [2.05, 4.69) is 0 Å². The second-order valence-corrected chi connectivity index (χ2v) is 2.29. The van der Waals surface area contributed by atoms with Gasteiger partial charge in [0.05, 0.1) is 4.92 Å². The van der Waals surface area contributed by atoms with Crippen LogP contribution in [-0.4, -0.2) is 22.5 Å². The summed E-state index contributed by atoms with van der Waals surface area (Å²) in [5.74, 6) is -0.760. The second-order valence-electron chi connectivity index (χ2n) is 2.29. The molecule has 0 bridgehead atoms. The molecule has 0 spiro atoms. The molecular weight excluding hydrogens is 190 g/mol. The van der Waals surface area contributed by atoms with Gasteiger partial charge in [-0.2, -0.15) is 0 Å². The number of non-ortho nitro benzene ring substituents is 1. The fourth-order valence-electron chi connectivity index (χ4n) is 0.841. The summed E-state index contributed by atoms with van der Waals surface area (Å²) in [7, 11) is 0. The third kappa shape index (κ3) is 2.46. The molecule has 6 heteroatoms. The van der Waals surface area contributed by atoms with Crippen LogP contribution in [0.15, 0.2) is 24.3 Å². The molecule has 6 nitrogen and oxygen atoms in total. The molecule has 0 unspecified atom stereocenters. The van der Waals surface area contributed by atoms with Crippen molar-refractivity contribution >= 4 is 17.8 Å². The maximum atomic E-state index is 10.8. The monoisotopic (exact) mass is 197 g/mol. The smallest absolute Gasteiger partial charge is 0.270 e. The van der Waals surface area contributed by atoms with Gasteiger partial charge in [0.15, 0.2) is 6.29 Å². The number of aldehydes is 1. The molecule has 0 fully saturated rings. The van der Waals surface area contributed by atoms with Gasteiger partial charge in [0.2, 0.25) is 5.78 Å². The highest BCUT2D eigenvalue weighted by molar-refractivity contribution is 6.33. The predicted molar refractivity (Wildman–Crippen MR) is 47.1 cm³/mol. The van der Waals surface area contributed by atoms with Gasteiger partial charge in [-0.05, 0) is 0 Å². The van der Waals surface area contributed by atoms with Crippen LogP contribution in [0.25, 0.3) is 0 Å². The fraction of sp³-hybridized carbons (Fsp3) is 0. The van der Waals surface area contributed by atoms with Crippen LogP contribution in [0.2, 0.25) is 0 Å².